The van der Waals surface area contributed by atoms with Crippen LogP contribution in [-0.4, -0.2) is 19.6 Å². The SMILES string of the molecule is COCC(=O)Nc1ccc(NC(C#N)=C(C#N)C#N)cc1Cl. The first kappa shape index (κ1) is 17.0. The molecular formula is C14H10ClN5O2. The highest BCUT2D eigenvalue weighted by molar-refractivity contribution is 6.34. The number of allylic oxidation sites excluding steroid dienone is 2. The van der Waals surface area contributed by atoms with Gasteiger partial charge in [-0.05, 0) is 18.2 Å². The minimum atomic E-state index is -0.362. The van der Waals surface area contributed by atoms with Crippen LogP contribution in [-0.2, 0) is 9.53 Å². The van der Waals surface area contributed by atoms with Crippen molar-refractivity contribution >= 4 is 28.9 Å². The highest BCUT2D eigenvalue weighted by atomic mass is 35.5. The van der Waals surface area contributed by atoms with Crippen molar-refractivity contribution in [2.24, 2.45) is 0 Å². The van der Waals surface area contributed by atoms with Crippen molar-refractivity contribution in [1.82, 2.24) is 0 Å². The number of methoxy groups -OCH3 is 1. The molecule has 7 nitrogen and oxygen atoms in total. The number of nitriles is 3. The molecule has 0 saturated carbocycles. The number of hydrogen-bond donors (Lipinski definition) is 2. The molecule has 0 atom stereocenters. The number of hydrogen-bond acceptors (Lipinski definition) is 6. The third kappa shape index (κ3) is 4.50. The lowest BCUT2D eigenvalue weighted by atomic mass is 10.2. The lowest BCUT2D eigenvalue weighted by Gasteiger charge is -2.10. The molecular weight excluding hydrogens is 306 g/mol. The van der Waals surface area contributed by atoms with Crippen molar-refractivity contribution in [3.8, 4) is 18.2 Å². The van der Waals surface area contributed by atoms with E-state index in [1.165, 1.54) is 25.3 Å². The summed E-state index contributed by atoms with van der Waals surface area (Å²) < 4.78 is 4.69. The molecule has 2 N–H and O–H groups in total. The summed E-state index contributed by atoms with van der Waals surface area (Å²) in [5.74, 6) is -0.362. The van der Waals surface area contributed by atoms with Crippen molar-refractivity contribution in [2.45, 2.75) is 0 Å². The minimum absolute atomic E-state index is 0.106. The highest BCUT2D eigenvalue weighted by Gasteiger charge is 2.09. The number of halogens is 1. The molecule has 0 heterocycles. The van der Waals surface area contributed by atoms with Crippen LogP contribution in [0.3, 0.4) is 0 Å². The van der Waals surface area contributed by atoms with Gasteiger partial charge >= 0.3 is 0 Å². The van der Waals surface area contributed by atoms with E-state index in [1.807, 2.05) is 0 Å². The van der Waals surface area contributed by atoms with Gasteiger partial charge in [-0.2, -0.15) is 15.8 Å². The molecule has 0 spiro atoms. The Kier molecular flexibility index (Phi) is 6.40. The zero-order valence-corrected chi connectivity index (χ0v) is 12.2. The predicted octanol–water partition coefficient (Wildman–Crippen LogP) is 2.16. The summed E-state index contributed by atoms with van der Waals surface area (Å²) >= 11 is 6.02. The maximum absolute atomic E-state index is 11.4. The first-order valence-electron chi connectivity index (χ1n) is 5.85. The van der Waals surface area contributed by atoms with E-state index < -0.39 is 0 Å². The Morgan fingerprint density at radius 2 is 1.91 bits per heavy atom. The molecule has 8 heteroatoms. The number of ether oxygens (including phenoxy) is 1. The maximum Gasteiger partial charge on any atom is 0.250 e. The van der Waals surface area contributed by atoms with Gasteiger partial charge in [0, 0.05) is 12.8 Å². The highest BCUT2D eigenvalue weighted by Crippen LogP contribution is 2.26. The molecule has 0 unspecified atom stereocenters. The van der Waals surface area contributed by atoms with Crippen LogP contribution >= 0.6 is 11.6 Å². The van der Waals surface area contributed by atoms with E-state index in [9.17, 15) is 4.79 Å². The van der Waals surface area contributed by atoms with Crippen molar-refractivity contribution in [1.29, 1.82) is 15.8 Å². The fourth-order valence-corrected chi connectivity index (χ4v) is 1.67. The molecule has 0 aliphatic carbocycles. The topological polar surface area (TPSA) is 122 Å². The number of nitrogens with one attached hydrogen (secondary N) is 2. The van der Waals surface area contributed by atoms with Crippen molar-refractivity contribution in [2.75, 3.05) is 24.4 Å². The fourth-order valence-electron chi connectivity index (χ4n) is 1.44. The summed E-state index contributed by atoms with van der Waals surface area (Å²) in [6, 6.07) is 9.48. The molecule has 0 aromatic heterocycles. The van der Waals surface area contributed by atoms with Crippen LogP contribution < -0.4 is 10.6 Å². The number of carbonyl (C=O) groups excluding carboxylic acids is 1. The van der Waals surface area contributed by atoms with Gasteiger partial charge in [0.1, 0.15) is 30.5 Å². The van der Waals surface area contributed by atoms with Crippen LogP contribution in [0.25, 0.3) is 0 Å². The predicted molar refractivity (Wildman–Crippen MR) is 79.4 cm³/mol. The second-order valence-electron chi connectivity index (χ2n) is 3.89. The standard InChI is InChI=1S/C14H10ClN5O2/c1-22-8-14(21)20-12-3-2-10(4-11(12)15)19-13(7-18)9(5-16)6-17/h2-4,19H,8H2,1H3,(H,20,21). The van der Waals surface area contributed by atoms with Gasteiger partial charge < -0.3 is 15.4 Å². The summed E-state index contributed by atoms with van der Waals surface area (Å²) in [7, 11) is 1.39. The summed E-state index contributed by atoms with van der Waals surface area (Å²) in [5.41, 5.74) is 0.250. The maximum atomic E-state index is 11.4. The van der Waals surface area contributed by atoms with Gasteiger partial charge in [0.25, 0.3) is 0 Å². The molecule has 1 aromatic carbocycles. The Labute approximate surface area is 132 Å². The van der Waals surface area contributed by atoms with Crippen molar-refractivity contribution in [3.05, 3.63) is 34.5 Å². The van der Waals surface area contributed by atoms with Crippen LogP contribution in [0.15, 0.2) is 29.5 Å². The number of benzene rings is 1. The second kappa shape index (κ2) is 8.28. The second-order valence-corrected chi connectivity index (χ2v) is 4.29. The molecule has 22 heavy (non-hydrogen) atoms. The van der Waals surface area contributed by atoms with Gasteiger partial charge in [-0.25, -0.2) is 0 Å². The monoisotopic (exact) mass is 315 g/mol. The zero-order chi connectivity index (χ0) is 16.5. The van der Waals surface area contributed by atoms with Crippen LogP contribution in [0.2, 0.25) is 5.02 Å². The largest absolute Gasteiger partial charge is 0.375 e. The number of rotatable bonds is 5. The molecule has 0 radical (unpaired) electrons. The molecule has 0 saturated heterocycles. The Hall–Kier alpha value is -3.05. The quantitative estimate of drug-likeness (QED) is 0.803. The molecule has 0 aliphatic rings. The molecule has 1 rings (SSSR count). The number of carbonyl (C=O) groups is 1. The third-order valence-electron chi connectivity index (χ3n) is 2.37. The van der Waals surface area contributed by atoms with E-state index in [-0.39, 0.29) is 28.8 Å². The van der Waals surface area contributed by atoms with E-state index in [1.54, 1.807) is 18.2 Å². The number of anilines is 2. The Balaban J connectivity index is 2.98. The van der Waals surface area contributed by atoms with Gasteiger partial charge in [-0.3, -0.25) is 4.79 Å². The minimum Gasteiger partial charge on any atom is -0.375 e. The van der Waals surface area contributed by atoms with Crippen LogP contribution in [0.1, 0.15) is 0 Å². The smallest absolute Gasteiger partial charge is 0.250 e. The van der Waals surface area contributed by atoms with Crippen LogP contribution in [0.4, 0.5) is 11.4 Å². The van der Waals surface area contributed by atoms with Gasteiger partial charge in [0.05, 0.1) is 10.7 Å². The lowest BCUT2D eigenvalue weighted by molar-refractivity contribution is -0.119. The van der Waals surface area contributed by atoms with E-state index in [0.717, 1.165) is 0 Å². The van der Waals surface area contributed by atoms with Gasteiger partial charge in [0.2, 0.25) is 5.91 Å². The summed E-state index contributed by atoms with van der Waals surface area (Å²) in [6.07, 6.45) is 0. The first-order valence-corrected chi connectivity index (χ1v) is 6.23. The summed E-state index contributed by atoms with van der Waals surface area (Å²) in [6.45, 7) is -0.106. The fraction of sp³-hybridized carbons (Fsp3) is 0.143. The molecule has 0 bridgehead atoms. The van der Waals surface area contributed by atoms with E-state index >= 15 is 0 Å². The van der Waals surface area contributed by atoms with Crippen molar-refractivity contribution < 1.29 is 9.53 Å². The summed E-state index contributed by atoms with van der Waals surface area (Å²) in [4.78, 5) is 11.4. The van der Waals surface area contributed by atoms with Gasteiger partial charge in [-0.1, -0.05) is 11.6 Å². The molecule has 0 fully saturated rings. The third-order valence-corrected chi connectivity index (χ3v) is 2.69. The Morgan fingerprint density at radius 3 is 2.41 bits per heavy atom. The number of nitrogens with zero attached hydrogens (tertiary/aromatic N) is 3. The molecule has 1 aromatic rings. The van der Waals surface area contributed by atoms with E-state index in [0.29, 0.717) is 11.4 Å². The molecule has 110 valence electrons. The Morgan fingerprint density at radius 1 is 1.23 bits per heavy atom. The van der Waals surface area contributed by atoms with Gasteiger partial charge in [0.15, 0.2) is 5.57 Å². The van der Waals surface area contributed by atoms with Crippen LogP contribution in [0, 0.1) is 34.0 Å². The molecule has 1 amide bonds. The normalized spacial score (nSPS) is 8.86. The Bertz CT molecular complexity index is 721. The van der Waals surface area contributed by atoms with Crippen molar-refractivity contribution in [3.63, 3.8) is 0 Å². The average Bonchev–Trinajstić information content (AvgIpc) is 2.50. The first-order chi connectivity index (χ1) is 10.5. The lowest BCUT2D eigenvalue weighted by Crippen LogP contribution is -2.17. The van der Waals surface area contributed by atoms with E-state index in [2.05, 4.69) is 15.4 Å². The van der Waals surface area contributed by atoms with Crippen LogP contribution in [0.5, 0.6) is 0 Å². The average molecular weight is 316 g/mol. The molecule has 0 aliphatic heterocycles. The summed E-state index contributed by atoms with van der Waals surface area (Å²) in [5, 5.41) is 31.8. The number of amides is 1. The van der Waals surface area contributed by atoms with E-state index in [4.69, 9.17) is 27.4 Å². The zero-order valence-electron chi connectivity index (χ0n) is 11.5. The van der Waals surface area contributed by atoms with Gasteiger partial charge in [-0.15, -0.1) is 0 Å².